The summed E-state index contributed by atoms with van der Waals surface area (Å²) in [5, 5.41) is 3.05. The summed E-state index contributed by atoms with van der Waals surface area (Å²) in [6.45, 7) is 2.22. The van der Waals surface area contributed by atoms with Crippen molar-refractivity contribution in [3.05, 3.63) is 24.5 Å². The number of aromatic nitrogens is 1. The van der Waals surface area contributed by atoms with Crippen LogP contribution in [0.4, 0.5) is 0 Å². The Balaban J connectivity index is 0.00000200. The molecule has 0 radical (unpaired) electrons. The van der Waals surface area contributed by atoms with E-state index in [9.17, 15) is 4.79 Å². The fourth-order valence-corrected chi connectivity index (χ4v) is 2.47. The van der Waals surface area contributed by atoms with Crippen LogP contribution in [0.25, 0.3) is 0 Å². The first-order valence-corrected chi connectivity index (χ1v) is 6.74. The van der Waals surface area contributed by atoms with Crippen LogP contribution in [0.5, 0.6) is 5.75 Å². The molecule has 7 heteroatoms. The summed E-state index contributed by atoms with van der Waals surface area (Å²) in [5.74, 6) is 0.481. The van der Waals surface area contributed by atoms with Crippen molar-refractivity contribution < 1.29 is 9.53 Å². The predicted octanol–water partition coefficient (Wildman–Crippen LogP) is 2.08. The summed E-state index contributed by atoms with van der Waals surface area (Å²) in [5.41, 5.74) is 5.57. The maximum Gasteiger partial charge on any atom is 0.261 e. The molecule has 0 saturated heterocycles. The highest BCUT2D eigenvalue weighted by Gasteiger charge is 2.35. The van der Waals surface area contributed by atoms with Crippen LogP contribution in [0.1, 0.15) is 32.6 Å². The first-order chi connectivity index (χ1) is 9.15. The van der Waals surface area contributed by atoms with Crippen LogP contribution in [0.2, 0.25) is 0 Å². The number of ether oxygens (including phenoxy) is 1. The molecule has 1 atom stereocenters. The van der Waals surface area contributed by atoms with Gasteiger partial charge in [0.05, 0.1) is 11.7 Å². The van der Waals surface area contributed by atoms with Gasteiger partial charge in [0.15, 0.2) is 6.10 Å². The van der Waals surface area contributed by atoms with Crippen LogP contribution >= 0.6 is 24.8 Å². The van der Waals surface area contributed by atoms with Crippen LogP contribution in [0.3, 0.4) is 0 Å². The lowest BCUT2D eigenvalue weighted by Gasteiger charge is -2.30. The van der Waals surface area contributed by atoms with Crippen molar-refractivity contribution in [1.29, 1.82) is 0 Å². The van der Waals surface area contributed by atoms with Crippen LogP contribution in [0.15, 0.2) is 24.5 Å². The molecule has 0 aliphatic heterocycles. The molecule has 5 nitrogen and oxygen atoms in total. The van der Waals surface area contributed by atoms with E-state index in [0.29, 0.717) is 12.3 Å². The van der Waals surface area contributed by atoms with Gasteiger partial charge in [-0.15, -0.1) is 24.8 Å². The number of hydrogen-bond donors (Lipinski definition) is 2. The van der Waals surface area contributed by atoms with Crippen LogP contribution in [-0.4, -0.2) is 29.1 Å². The molecule has 3 N–H and O–H groups in total. The van der Waals surface area contributed by atoms with Gasteiger partial charge in [-0.05, 0) is 31.9 Å². The average molecular weight is 336 g/mol. The third kappa shape index (κ3) is 5.34. The third-order valence-corrected chi connectivity index (χ3v) is 3.66. The molecule has 0 spiro atoms. The molecule has 0 aromatic carbocycles. The molecule has 0 bridgehead atoms. The van der Waals surface area contributed by atoms with Crippen molar-refractivity contribution in [2.75, 3.05) is 6.54 Å². The number of nitrogens with two attached hydrogens (primary N) is 1. The number of pyridine rings is 1. The van der Waals surface area contributed by atoms with Gasteiger partial charge in [-0.1, -0.05) is 12.8 Å². The first kappa shape index (κ1) is 20.0. The van der Waals surface area contributed by atoms with E-state index < -0.39 is 6.10 Å². The van der Waals surface area contributed by atoms with Gasteiger partial charge in [0, 0.05) is 12.7 Å². The Morgan fingerprint density at radius 2 is 2.14 bits per heavy atom. The molecular weight excluding hydrogens is 313 g/mol. The second-order valence-electron chi connectivity index (χ2n) is 5.13. The lowest BCUT2D eigenvalue weighted by molar-refractivity contribution is -0.129. The maximum atomic E-state index is 12.2. The molecule has 1 saturated carbocycles. The van der Waals surface area contributed by atoms with Gasteiger partial charge < -0.3 is 15.8 Å². The highest BCUT2D eigenvalue weighted by atomic mass is 35.5. The first-order valence-electron chi connectivity index (χ1n) is 6.74. The molecule has 1 fully saturated rings. The maximum absolute atomic E-state index is 12.2. The molecule has 1 heterocycles. The number of carbonyl (C=O) groups excluding carboxylic acids is 1. The quantitative estimate of drug-likeness (QED) is 0.863. The molecular formula is C14H23Cl2N3O2. The Bertz CT molecular complexity index is 425. The van der Waals surface area contributed by atoms with E-state index in [2.05, 4.69) is 10.3 Å². The second kappa shape index (κ2) is 9.07. The fourth-order valence-electron chi connectivity index (χ4n) is 2.47. The zero-order valence-corrected chi connectivity index (χ0v) is 13.7. The van der Waals surface area contributed by atoms with Gasteiger partial charge in [0.25, 0.3) is 5.91 Å². The van der Waals surface area contributed by atoms with Gasteiger partial charge >= 0.3 is 0 Å². The predicted molar refractivity (Wildman–Crippen MR) is 87.2 cm³/mol. The second-order valence-corrected chi connectivity index (χ2v) is 5.13. The van der Waals surface area contributed by atoms with Crippen LogP contribution < -0.4 is 15.8 Å². The molecule has 120 valence electrons. The van der Waals surface area contributed by atoms with Gasteiger partial charge in [0.1, 0.15) is 5.75 Å². The largest absolute Gasteiger partial charge is 0.479 e. The fraction of sp³-hybridized carbons (Fsp3) is 0.571. The van der Waals surface area contributed by atoms with E-state index in [1.165, 1.54) is 0 Å². The standard InChI is InChI=1S/C14H21N3O2.2ClH/c1-11(19-12-5-4-8-16-9-12)13(18)17-14(10-15)6-2-3-7-14;;/h4-5,8-9,11H,2-3,6-7,10,15H2,1H3,(H,17,18);2*1H. The zero-order valence-electron chi connectivity index (χ0n) is 12.1. The Morgan fingerprint density at radius 3 is 2.67 bits per heavy atom. The highest BCUT2D eigenvalue weighted by Crippen LogP contribution is 2.28. The molecule has 1 aromatic rings. The van der Waals surface area contributed by atoms with Crippen LogP contribution in [0, 0.1) is 0 Å². The summed E-state index contributed by atoms with van der Waals surface area (Å²) in [4.78, 5) is 16.1. The Labute approximate surface area is 137 Å². The number of carbonyl (C=O) groups is 1. The summed E-state index contributed by atoms with van der Waals surface area (Å²) in [6.07, 6.45) is 6.86. The molecule has 1 aliphatic carbocycles. The van der Waals surface area contributed by atoms with Gasteiger partial charge in [0.2, 0.25) is 0 Å². The SMILES string of the molecule is CC(Oc1cccnc1)C(=O)NC1(CN)CCCC1.Cl.Cl. The van der Waals surface area contributed by atoms with E-state index >= 15 is 0 Å². The smallest absolute Gasteiger partial charge is 0.261 e. The van der Waals surface area contributed by atoms with Gasteiger partial charge in [-0.25, -0.2) is 0 Å². The molecule has 2 rings (SSSR count). The van der Waals surface area contributed by atoms with E-state index in [1.54, 1.807) is 31.5 Å². The minimum absolute atomic E-state index is 0. The number of halogens is 2. The third-order valence-electron chi connectivity index (χ3n) is 3.66. The lowest BCUT2D eigenvalue weighted by atomic mass is 9.97. The van der Waals surface area contributed by atoms with E-state index in [-0.39, 0.29) is 36.3 Å². The Kier molecular flexibility index (Phi) is 8.63. The average Bonchev–Trinajstić information content (AvgIpc) is 2.89. The topological polar surface area (TPSA) is 77.2 Å². The molecule has 1 amide bonds. The van der Waals surface area contributed by atoms with Crippen LogP contribution in [-0.2, 0) is 4.79 Å². The van der Waals surface area contributed by atoms with Crippen molar-refractivity contribution in [1.82, 2.24) is 10.3 Å². The molecule has 1 unspecified atom stereocenters. The zero-order chi connectivity index (χ0) is 13.7. The molecule has 1 aliphatic rings. The number of rotatable bonds is 5. The van der Waals surface area contributed by atoms with Gasteiger partial charge in [-0.3, -0.25) is 9.78 Å². The van der Waals surface area contributed by atoms with Crippen molar-refractivity contribution in [2.24, 2.45) is 5.73 Å². The number of hydrogen-bond acceptors (Lipinski definition) is 4. The summed E-state index contributed by atoms with van der Waals surface area (Å²) in [6, 6.07) is 3.56. The van der Waals surface area contributed by atoms with Crippen molar-refractivity contribution in [2.45, 2.75) is 44.2 Å². The Morgan fingerprint density at radius 1 is 1.48 bits per heavy atom. The van der Waals surface area contributed by atoms with Gasteiger partial charge in [-0.2, -0.15) is 0 Å². The summed E-state index contributed by atoms with van der Waals surface area (Å²) in [7, 11) is 0. The van der Waals surface area contributed by atoms with E-state index in [1.807, 2.05) is 0 Å². The van der Waals surface area contributed by atoms with E-state index in [4.69, 9.17) is 10.5 Å². The minimum atomic E-state index is -0.548. The molecule has 21 heavy (non-hydrogen) atoms. The molecule has 1 aromatic heterocycles. The summed E-state index contributed by atoms with van der Waals surface area (Å²) < 4.78 is 5.56. The Hall–Kier alpha value is -1.04. The number of nitrogens with zero attached hydrogens (tertiary/aromatic N) is 1. The van der Waals surface area contributed by atoms with Crippen molar-refractivity contribution in [3.63, 3.8) is 0 Å². The highest BCUT2D eigenvalue weighted by molar-refractivity contribution is 5.85. The minimum Gasteiger partial charge on any atom is -0.479 e. The number of nitrogens with one attached hydrogen (secondary N) is 1. The number of amides is 1. The monoisotopic (exact) mass is 335 g/mol. The van der Waals surface area contributed by atoms with Crippen molar-refractivity contribution in [3.8, 4) is 5.75 Å². The summed E-state index contributed by atoms with van der Waals surface area (Å²) >= 11 is 0. The lowest BCUT2D eigenvalue weighted by Crippen LogP contribution is -2.54. The van der Waals surface area contributed by atoms with Crippen molar-refractivity contribution >= 4 is 30.7 Å². The normalized spacial score (nSPS) is 17.0. The van der Waals surface area contributed by atoms with E-state index in [0.717, 1.165) is 25.7 Å².